The number of rotatable bonds is 6. The lowest BCUT2D eigenvalue weighted by Crippen LogP contribution is -2.36. The van der Waals surface area contributed by atoms with Crippen molar-refractivity contribution in [3.05, 3.63) is 45.4 Å². The lowest BCUT2D eigenvalue weighted by atomic mass is 10.1. The Morgan fingerprint density at radius 1 is 1.43 bits per heavy atom. The Morgan fingerprint density at radius 3 is 2.81 bits per heavy atom. The number of alkyl halides is 2. The Labute approximate surface area is 130 Å². The smallest absolute Gasteiger partial charge is 0.387 e. The molecule has 7 heteroatoms. The van der Waals surface area contributed by atoms with Crippen molar-refractivity contribution in [2.24, 2.45) is 0 Å². The van der Waals surface area contributed by atoms with Gasteiger partial charge in [-0.05, 0) is 32.0 Å². The molecule has 0 fully saturated rings. The van der Waals surface area contributed by atoms with Crippen molar-refractivity contribution in [2.75, 3.05) is 0 Å². The normalized spacial score (nSPS) is 11.9. The molecule has 0 saturated carbocycles. The monoisotopic (exact) mass is 332 g/mol. The average Bonchev–Trinajstić information content (AvgIpc) is 2.93. The highest BCUT2D eigenvalue weighted by Gasteiger charge is 2.23. The van der Waals surface area contributed by atoms with Crippen LogP contribution in [0, 0.1) is 0 Å². The zero-order chi connectivity index (χ0) is 15.5. The lowest BCUT2D eigenvalue weighted by molar-refractivity contribution is -0.0505. The highest BCUT2D eigenvalue weighted by atomic mass is 35.5. The molecule has 114 valence electrons. The molecule has 0 atom stereocenters. The minimum atomic E-state index is -2.86. The predicted molar refractivity (Wildman–Crippen MR) is 80.1 cm³/mol. The van der Waals surface area contributed by atoms with E-state index >= 15 is 0 Å². The van der Waals surface area contributed by atoms with Gasteiger partial charge >= 0.3 is 6.61 Å². The summed E-state index contributed by atoms with van der Waals surface area (Å²) in [6.45, 7) is 1.43. The molecule has 0 spiro atoms. The van der Waals surface area contributed by atoms with Gasteiger partial charge in [-0.3, -0.25) is 0 Å². The predicted octanol–water partition coefficient (Wildman–Crippen LogP) is 4.42. The van der Waals surface area contributed by atoms with Crippen molar-refractivity contribution >= 4 is 22.9 Å². The van der Waals surface area contributed by atoms with Crippen LogP contribution in [0.1, 0.15) is 24.4 Å². The summed E-state index contributed by atoms with van der Waals surface area (Å²) in [5, 5.41) is 6.57. The van der Waals surface area contributed by atoms with Crippen molar-refractivity contribution in [3.8, 4) is 5.75 Å². The van der Waals surface area contributed by atoms with E-state index in [1.165, 1.54) is 23.5 Å². The van der Waals surface area contributed by atoms with Crippen LogP contribution in [0.15, 0.2) is 29.8 Å². The molecule has 1 N–H and O–H groups in total. The molecule has 21 heavy (non-hydrogen) atoms. The van der Waals surface area contributed by atoms with Gasteiger partial charge in [0.2, 0.25) is 0 Å². The van der Waals surface area contributed by atoms with Crippen LogP contribution in [-0.2, 0) is 12.1 Å². The Balaban J connectivity index is 2.13. The van der Waals surface area contributed by atoms with Gasteiger partial charge in [-0.15, -0.1) is 11.3 Å². The first-order valence-corrected chi connectivity index (χ1v) is 7.52. The van der Waals surface area contributed by atoms with E-state index in [9.17, 15) is 8.78 Å². The Kier molecular flexibility index (Phi) is 5.13. The molecule has 1 aromatic carbocycles. The van der Waals surface area contributed by atoms with E-state index in [4.69, 9.17) is 11.6 Å². The summed E-state index contributed by atoms with van der Waals surface area (Å²) in [5.41, 5.74) is 0.200. The summed E-state index contributed by atoms with van der Waals surface area (Å²) in [4.78, 5) is 4.27. The quantitative estimate of drug-likeness (QED) is 0.850. The largest absolute Gasteiger partial charge is 0.434 e. The highest BCUT2D eigenvalue weighted by molar-refractivity contribution is 7.09. The van der Waals surface area contributed by atoms with E-state index in [1.807, 2.05) is 19.2 Å². The van der Waals surface area contributed by atoms with Crippen LogP contribution < -0.4 is 10.1 Å². The topological polar surface area (TPSA) is 34.1 Å². The minimum Gasteiger partial charge on any atom is -0.434 e. The second kappa shape index (κ2) is 6.68. The highest BCUT2D eigenvalue weighted by Crippen LogP contribution is 2.27. The van der Waals surface area contributed by atoms with Crippen molar-refractivity contribution in [2.45, 2.75) is 32.5 Å². The van der Waals surface area contributed by atoms with Crippen LogP contribution in [0.2, 0.25) is 5.02 Å². The van der Waals surface area contributed by atoms with Gasteiger partial charge in [-0.1, -0.05) is 11.6 Å². The fourth-order valence-electron chi connectivity index (χ4n) is 1.82. The van der Waals surface area contributed by atoms with Crippen molar-refractivity contribution in [1.82, 2.24) is 10.3 Å². The molecular formula is C14H15ClF2N2OS. The SMILES string of the molecule is CC(C)(NCc1cc(Cl)ccc1OC(F)F)c1nccs1. The number of benzene rings is 1. The number of aromatic nitrogens is 1. The molecule has 0 aliphatic rings. The number of hydrogen-bond donors (Lipinski definition) is 1. The Morgan fingerprint density at radius 2 is 2.19 bits per heavy atom. The Hall–Kier alpha value is -1.24. The molecule has 1 aromatic heterocycles. The van der Waals surface area contributed by atoms with Gasteiger partial charge in [0, 0.05) is 28.7 Å². The third kappa shape index (κ3) is 4.36. The van der Waals surface area contributed by atoms with Crippen molar-refractivity contribution in [1.29, 1.82) is 0 Å². The second-order valence-electron chi connectivity index (χ2n) is 4.95. The van der Waals surface area contributed by atoms with E-state index in [-0.39, 0.29) is 11.3 Å². The van der Waals surface area contributed by atoms with Gasteiger partial charge in [0.15, 0.2) is 0 Å². The molecule has 0 aliphatic carbocycles. The molecule has 0 saturated heterocycles. The summed E-state index contributed by atoms with van der Waals surface area (Å²) in [5.74, 6) is 0.122. The molecule has 2 aromatic rings. The second-order valence-corrected chi connectivity index (χ2v) is 6.28. The van der Waals surface area contributed by atoms with Gasteiger partial charge in [-0.25, -0.2) is 4.98 Å². The van der Waals surface area contributed by atoms with Crippen LogP contribution in [0.25, 0.3) is 0 Å². The first-order valence-electron chi connectivity index (χ1n) is 6.27. The van der Waals surface area contributed by atoms with Gasteiger partial charge in [0.1, 0.15) is 10.8 Å². The van der Waals surface area contributed by atoms with Gasteiger partial charge in [0.25, 0.3) is 0 Å². The van der Waals surface area contributed by atoms with Gasteiger partial charge in [0.05, 0.1) is 5.54 Å². The number of hydrogen-bond acceptors (Lipinski definition) is 4. The van der Waals surface area contributed by atoms with E-state index in [1.54, 1.807) is 12.3 Å². The summed E-state index contributed by atoms with van der Waals surface area (Å²) >= 11 is 7.45. The maximum atomic E-state index is 12.4. The zero-order valence-electron chi connectivity index (χ0n) is 11.6. The molecule has 0 amide bonds. The van der Waals surface area contributed by atoms with E-state index in [0.717, 1.165) is 5.01 Å². The summed E-state index contributed by atoms with van der Waals surface area (Å²) in [7, 11) is 0. The number of nitrogens with zero attached hydrogens (tertiary/aromatic N) is 1. The standard InChI is InChI=1S/C14H15ClF2N2OS/c1-14(2,12-18-5-6-21-12)19-8-9-7-10(15)3-4-11(9)20-13(16)17/h3-7,13,19H,8H2,1-2H3. The van der Waals surface area contributed by atoms with Crippen LogP contribution >= 0.6 is 22.9 Å². The molecule has 3 nitrogen and oxygen atoms in total. The fraction of sp³-hybridized carbons (Fsp3) is 0.357. The van der Waals surface area contributed by atoms with E-state index in [2.05, 4.69) is 15.0 Å². The molecule has 0 bridgehead atoms. The van der Waals surface area contributed by atoms with Crippen LogP contribution in [0.5, 0.6) is 5.75 Å². The molecule has 0 radical (unpaired) electrons. The van der Waals surface area contributed by atoms with Crippen molar-refractivity contribution in [3.63, 3.8) is 0 Å². The summed E-state index contributed by atoms with van der Waals surface area (Å²) in [6, 6.07) is 4.58. The van der Waals surface area contributed by atoms with Crippen molar-refractivity contribution < 1.29 is 13.5 Å². The number of ether oxygens (including phenoxy) is 1. The minimum absolute atomic E-state index is 0.122. The van der Waals surface area contributed by atoms with Crippen LogP contribution in [0.3, 0.4) is 0 Å². The molecule has 0 aliphatic heterocycles. The van der Waals surface area contributed by atoms with Gasteiger partial charge < -0.3 is 10.1 Å². The maximum absolute atomic E-state index is 12.4. The van der Waals surface area contributed by atoms with Crippen LogP contribution in [0.4, 0.5) is 8.78 Å². The summed E-state index contributed by atoms with van der Waals surface area (Å²) in [6.07, 6.45) is 1.73. The fourth-order valence-corrected chi connectivity index (χ4v) is 2.75. The van der Waals surface area contributed by atoms with E-state index < -0.39 is 6.61 Å². The molecule has 0 unspecified atom stereocenters. The number of nitrogens with one attached hydrogen (secondary N) is 1. The third-order valence-electron chi connectivity index (χ3n) is 2.93. The number of halogens is 3. The zero-order valence-corrected chi connectivity index (χ0v) is 13.1. The maximum Gasteiger partial charge on any atom is 0.387 e. The molecule has 2 rings (SSSR count). The first-order chi connectivity index (χ1) is 9.88. The van der Waals surface area contributed by atoms with Crippen LogP contribution in [-0.4, -0.2) is 11.6 Å². The van der Waals surface area contributed by atoms with E-state index in [0.29, 0.717) is 17.1 Å². The third-order valence-corrected chi connectivity index (χ3v) is 4.26. The molecular weight excluding hydrogens is 318 g/mol. The molecule has 1 heterocycles. The Bertz CT molecular complexity index is 591. The summed E-state index contributed by atoms with van der Waals surface area (Å²) < 4.78 is 29.3. The van der Waals surface area contributed by atoms with Gasteiger partial charge in [-0.2, -0.15) is 8.78 Å². The number of thiazole rings is 1. The average molecular weight is 333 g/mol. The first kappa shape index (κ1) is 16.1. The lowest BCUT2D eigenvalue weighted by Gasteiger charge is -2.24.